The summed E-state index contributed by atoms with van der Waals surface area (Å²) in [7, 11) is 0. The lowest BCUT2D eigenvalue weighted by molar-refractivity contribution is -0.110. The molecule has 0 bridgehead atoms. The molecule has 0 heterocycles. The third-order valence-electron chi connectivity index (χ3n) is 1.84. The molecule has 1 aromatic rings. The van der Waals surface area contributed by atoms with Crippen molar-refractivity contribution in [3.63, 3.8) is 0 Å². The SMILES string of the molecule is O=C1CC1c1ccccc1. The Morgan fingerprint density at radius 1 is 1.20 bits per heavy atom. The van der Waals surface area contributed by atoms with Gasteiger partial charge in [-0.05, 0) is 5.56 Å². The zero-order chi connectivity index (χ0) is 6.97. The van der Waals surface area contributed by atoms with Crippen molar-refractivity contribution in [2.75, 3.05) is 0 Å². The van der Waals surface area contributed by atoms with Crippen molar-refractivity contribution in [3.8, 4) is 0 Å². The second kappa shape index (κ2) is 1.94. The van der Waals surface area contributed by atoms with Gasteiger partial charge in [-0.1, -0.05) is 30.3 Å². The summed E-state index contributed by atoms with van der Waals surface area (Å²) in [6.45, 7) is 0. The average Bonchev–Trinajstić information content (AvgIpc) is 2.69. The number of hydrogen-bond donors (Lipinski definition) is 0. The molecular formula is C9H8O. The molecule has 0 aromatic heterocycles. The molecule has 0 N–H and O–H groups in total. The van der Waals surface area contributed by atoms with E-state index in [0.29, 0.717) is 5.78 Å². The van der Waals surface area contributed by atoms with E-state index in [2.05, 4.69) is 0 Å². The van der Waals surface area contributed by atoms with Crippen LogP contribution in [0.2, 0.25) is 0 Å². The Morgan fingerprint density at radius 3 is 2.30 bits per heavy atom. The number of carbonyl (C=O) groups is 1. The van der Waals surface area contributed by atoms with Gasteiger partial charge in [0, 0.05) is 12.3 Å². The lowest BCUT2D eigenvalue weighted by atomic mass is 10.1. The fourth-order valence-corrected chi connectivity index (χ4v) is 1.13. The summed E-state index contributed by atoms with van der Waals surface area (Å²) in [6.07, 6.45) is 0.754. The van der Waals surface area contributed by atoms with E-state index in [1.165, 1.54) is 5.56 Å². The standard InChI is InChI=1S/C9H8O/c10-9-6-8(9)7-4-2-1-3-5-7/h1-5,8H,6H2. The maximum absolute atomic E-state index is 10.7. The third kappa shape index (κ3) is 0.838. The average molecular weight is 132 g/mol. The maximum Gasteiger partial charge on any atom is 0.141 e. The van der Waals surface area contributed by atoms with E-state index < -0.39 is 0 Å². The minimum atomic E-state index is 0.237. The first-order valence-corrected chi connectivity index (χ1v) is 3.45. The van der Waals surface area contributed by atoms with Crippen LogP contribution in [0.5, 0.6) is 0 Å². The van der Waals surface area contributed by atoms with Crippen LogP contribution >= 0.6 is 0 Å². The van der Waals surface area contributed by atoms with Crippen molar-refractivity contribution in [1.82, 2.24) is 0 Å². The number of hydrogen-bond acceptors (Lipinski definition) is 1. The Balaban J connectivity index is 2.28. The van der Waals surface area contributed by atoms with Gasteiger partial charge < -0.3 is 0 Å². The number of Topliss-reactive ketones (excluding diaryl/α,β-unsaturated/α-hetero) is 1. The lowest BCUT2D eigenvalue weighted by Crippen LogP contribution is -1.78. The van der Waals surface area contributed by atoms with Crippen molar-refractivity contribution in [2.24, 2.45) is 0 Å². The van der Waals surface area contributed by atoms with Crippen LogP contribution in [0.25, 0.3) is 0 Å². The minimum absolute atomic E-state index is 0.237. The van der Waals surface area contributed by atoms with Gasteiger partial charge in [-0.3, -0.25) is 4.79 Å². The van der Waals surface area contributed by atoms with E-state index >= 15 is 0 Å². The van der Waals surface area contributed by atoms with Crippen LogP contribution < -0.4 is 0 Å². The molecule has 10 heavy (non-hydrogen) atoms. The molecule has 1 aliphatic carbocycles. The summed E-state index contributed by atoms with van der Waals surface area (Å²) in [5.74, 6) is 0.618. The molecule has 50 valence electrons. The van der Waals surface area contributed by atoms with Crippen LogP contribution in [-0.2, 0) is 4.79 Å². The van der Waals surface area contributed by atoms with Crippen LogP contribution in [0.1, 0.15) is 17.9 Å². The fourth-order valence-electron chi connectivity index (χ4n) is 1.13. The fraction of sp³-hybridized carbons (Fsp3) is 0.222. The van der Waals surface area contributed by atoms with Crippen molar-refractivity contribution < 1.29 is 4.79 Å². The Bertz CT molecular complexity index is 251. The molecule has 1 saturated carbocycles. The maximum atomic E-state index is 10.7. The van der Waals surface area contributed by atoms with E-state index in [1.54, 1.807) is 0 Å². The zero-order valence-electron chi connectivity index (χ0n) is 5.58. The molecule has 1 fully saturated rings. The highest BCUT2D eigenvalue weighted by Gasteiger charge is 2.35. The summed E-state index contributed by atoms with van der Waals surface area (Å²) in [6, 6.07) is 9.93. The zero-order valence-corrected chi connectivity index (χ0v) is 5.58. The van der Waals surface area contributed by atoms with Gasteiger partial charge in [0.25, 0.3) is 0 Å². The predicted octanol–water partition coefficient (Wildman–Crippen LogP) is 1.74. The number of rotatable bonds is 1. The summed E-state index contributed by atoms with van der Waals surface area (Å²) in [5.41, 5.74) is 1.17. The first kappa shape index (κ1) is 5.66. The van der Waals surface area contributed by atoms with E-state index in [1.807, 2.05) is 30.3 Å². The van der Waals surface area contributed by atoms with Crippen LogP contribution in [-0.4, -0.2) is 5.78 Å². The summed E-state index contributed by atoms with van der Waals surface area (Å²) in [4.78, 5) is 10.7. The summed E-state index contributed by atoms with van der Waals surface area (Å²) in [5, 5.41) is 0. The van der Waals surface area contributed by atoms with E-state index in [9.17, 15) is 4.79 Å². The molecule has 0 aliphatic heterocycles. The van der Waals surface area contributed by atoms with Crippen LogP contribution in [0.3, 0.4) is 0 Å². The lowest BCUT2D eigenvalue weighted by Gasteiger charge is -1.90. The molecule has 1 aromatic carbocycles. The van der Waals surface area contributed by atoms with Gasteiger partial charge >= 0.3 is 0 Å². The van der Waals surface area contributed by atoms with Crippen LogP contribution in [0.15, 0.2) is 30.3 Å². The van der Waals surface area contributed by atoms with Gasteiger partial charge in [-0.25, -0.2) is 0 Å². The molecule has 1 nitrogen and oxygen atoms in total. The summed E-state index contributed by atoms with van der Waals surface area (Å²) >= 11 is 0. The first-order chi connectivity index (χ1) is 4.88. The van der Waals surface area contributed by atoms with Crippen LogP contribution in [0, 0.1) is 0 Å². The van der Waals surface area contributed by atoms with Gasteiger partial charge in [0.1, 0.15) is 5.78 Å². The Hall–Kier alpha value is -1.11. The third-order valence-corrected chi connectivity index (χ3v) is 1.84. The van der Waals surface area contributed by atoms with Crippen molar-refractivity contribution in [2.45, 2.75) is 12.3 Å². The molecule has 1 aliphatic rings. The molecule has 1 atom stereocenters. The quantitative estimate of drug-likeness (QED) is 0.568. The van der Waals surface area contributed by atoms with Crippen molar-refractivity contribution >= 4 is 5.78 Å². The normalized spacial score (nSPS) is 22.8. The van der Waals surface area contributed by atoms with Crippen molar-refractivity contribution in [3.05, 3.63) is 35.9 Å². The Kier molecular flexibility index (Phi) is 1.10. The molecule has 2 rings (SSSR count). The Morgan fingerprint density at radius 2 is 1.80 bits per heavy atom. The van der Waals surface area contributed by atoms with Gasteiger partial charge in [-0.2, -0.15) is 0 Å². The van der Waals surface area contributed by atoms with Gasteiger partial charge in [0.15, 0.2) is 0 Å². The molecule has 1 heteroatoms. The monoisotopic (exact) mass is 132 g/mol. The second-order valence-electron chi connectivity index (χ2n) is 2.63. The molecule has 0 radical (unpaired) electrons. The molecular weight excluding hydrogens is 124 g/mol. The highest BCUT2D eigenvalue weighted by Crippen LogP contribution is 2.35. The predicted molar refractivity (Wildman–Crippen MR) is 38.8 cm³/mol. The molecule has 0 spiro atoms. The number of carbonyl (C=O) groups excluding carboxylic acids is 1. The number of ketones is 1. The van der Waals surface area contributed by atoms with E-state index in [4.69, 9.17) is 0 Å². The van der Waals surface area contributed by atoms with E-state index in [-0.39, 0.29) is 5.92 Å². The molecule has 1 unspecified atom stereocenters. The first-order valence-electron chi connectivity index (χ1n) is 3.45. The van der Waals surface area contributed by atoms with Gasteiger partial charge in [-0.15, -0.1) is 0 Å². The topological polar surface area (TPSA) is 17.1 Å². The van der Waals surface area contributed by atoms with Crippen molar-refractivity contribution in [1.29, 1.82) is 0 Å². The highest BCUT2D eigenvalue weighted by molar-refractivity contribution is 6.01. The number of benzene rings is 1. The van der Waals surface area contributed by atoms with Gasteiger partial charge in [0.05, 0.1) is 0 Å². The second-order valence-corrected chi connectivity index (χ2v) is 2.63. The highest BCUT2D eigenvalue weighted by atomic mass is 16.1. The van der Waals surface area contributed by atoms with Crippen LogP contribution in [0.4, 0.5) is 0 Å². The Labute approximate surface area is 59.7 Å². The van der Waals surface area contributed by atoms with E-state index in [0.717, 1.165) is 6.42 Å². The smallest absolute Gasteiger partial charge is 0.141 e. The minimum Gasteiger partial charge on any atom is -0.299 e. The molecule has 0 amide bonds. The summed E-state index contributed by atoms with van der Waals surface area (Å²) < 4.78 is 0. The molecule has 0 saturated heterocycles. The largest absolute Gasteiger partial charge is 0.299 e. The van der Waals surface area contributed by atoms with Gasteiger partial charge in [0.2, 0.25) is 0 Å².